The summed E-state index contributed by atoms with van der Waals surface area (Å²) in [6.45, 7) is 1.81. The van der Waals surface area contributed by atoms with Gasteiger partial charge in [-0.15, -0.1) is 0 Å². The van der Waals surface area contributed by atoms with Gasteiger partial charge >= 0.3 is 0 Å². The Bertz CT molecular complexity index is 496. The minimum atomic E-state index is -0.324. The first kappa shape index (κ1) is 10.8. The lowest BCUT2D eigenvalue weighted by Crippen LogP contribution is -1.98. The highest BCUT2D eigenvalue weighted by Gasteiger charge is 2.06. The van der Waals surface area contributed by atoms with Crippen LogP contribution in [0.25, 0.3) is 0 Å². The van der Waals surface area contributed by atoms with E-state index in [0.29, 0.717) is 16.7 Å². The molecule has 0 aliphatic rings. The molecule has 16 heavy (non-hydrogen) atoms. The summed E-state index contributed by atoms with van der Waals surface area (Å²) in [4.78, 5) is 7.69. The van der Waals surface area contributed by atoms with Crippen molar-refractivity contribution in [2.24, 2.45) is 0 Å². The van der Waals surface area contributed by atoms with Crippen LogP contribution in [0.4, 0.5) is 15.9 Å². The highest BCUT2D eigenvalue weighted by Crippen LogP contribution is 2.23. The average molecular weight is 238 g/mol. The number of halogens is 2. The Morgan fingerprint density at radius 3 is 2.81 bits per heavy atom. The highest BCUT2D eigenvalue weighted by molar-refractivity contribution is 6.29. The molecule has 0 radical (unpaired) electrons. The number of rotatable bonds is 2. The summed E-state index contributed by atoms with van der Waals surface area (Å²) in [7, 11) is 0. The van der Waals surface area contributed by atoms with Gasteiger partial charge in [-0.05, 0) is 18.6 Å². The molecule has 0 saturated heterocycles. The lowest BCUT2D eigenvalue weighted by Gasteiger charge is -2.09. The van der Waals surface area contributed by atoms with E-state index in [1.807, 2.05) is 13.0 Å². The van der Waals surface area contributed by atoms with Crippen molar-refractivity contribution in [2.45, 2.75) is 6.92 Å². The third kappa shape index (κ3) is 2.28. The molecule has 0 aliphatic carbocycles. The first-order valence-corrected chi connectivity index (χ1v) is 5.04. The monoisotopic (exact) mass is 237 g/mol. The highest BCUT2D eigenvalue weighted by atomic mass is 35.5. The molecule has 2 aromatic rings. The molecule has 3 nitrogen and oxygen atoms in total. The Kier molecular flexibility index (Phi) is 3.01. The smallest absolute Gasteiger partial charge is 0.146 e. The number of nitrogens with zero attached hydrogens (tertiary/aromatic N) is 2. The fourth-order valence-corrected chi connectivity index (χ4v) is 1.47. The van der Waals surface area contributed by atoms with Crippen LogP contribution < -0.4 is 5.32 Å². The van der Waals surface area contributed by atoms with Gasteiger partial charge in [-0.1, -0.05) is 23.7 Å². The zero-order valence-corrected chi connectivity index (χ0v) is 9.29. The molecule has 2 rings (SSSR count). The number of hydrogen-bond donors (Lipinski definition) is 1. The largest absolute Gasteiger partial charge is 0.337 e. The molecule has 0 atom stereocenters. The lowest BCUT2D eigenvalue weighted by atomic mass is 10.2. The Hall–Kier alpha value is -1.68. The zero-order chi connectivity index (χ0) is 11.5. The van der Waals surface area contributed by atoms with Crippen LogP contribution in [0.2, 0.25) is 5.15 Å². The second kappa shape index (κ2) is 4.45. The maximum Gasteiger partial charge on any atom is 0.146 e. The van der Waals surface area contributed by atoms with E-state index in [2.05, 4.69) is 15.3 Å². The molecule has 0 bridgehead atoms. The molecule has 0 unspecified atom stereocenters. The predicted molar refractivity (Wildman–Crippen MR) is 61.5 cm³/mol. The molecule has 0 aliphatic heterocycles. The normalized spacial score (nSPS) is 10.2. The molecule has 0 amide bonds. The van der Waals surface area contributed by atoms with Crippen LogP contribution in [0.5, 0.6) is 0 Å². The van der Waals surface area contributed by atoms with Gasteiger partial charge in [0.25, 0.3) is 0 Å². The minimum Gasteiger partial charge on any atom is -0.337 e. The standard InChI is InChI=1S/C11H9ClFN3/c1-7-3-2-4-8(13)11(7)16-10-5-9(12)14-6-15-10/h2-6H,1H3,(H,14,15,16). The first-order valence-electron chi connectivity index (χ1n) is 4.66. The molecule has 5 heteroatoms. The average Bonchev–Trinajstić information content (AvgIpc) is 2.24. The van der Waals surface area contributed by atoms with Crippen LogP contribution in [0, 0.1) is 12.7 Å². The second-order valence-corrected chi connectivity index (χ2v) is 3.67. The topological polar surface area (TPSA) is 37.8 Å². The van der Waals surface area contributed by atoms with Crippen molar-refractivity contribution in [1.82, 2.24) is 9.97 Å². The van der Waals surface area contributed by atoms with Crippen LogP contribution in [-0.4, -0.2) is 9.97 Å². The minimum absolute atomic E-state index is 0.312. The predicted octanol–water partition coefficient (Wildman–Crippen LogP) is 3.32. The molecule has 82 valence electrons. The van der Waals surface area contributed by atoms with Crippen LogP contribution >= 0.6 is 11.6 Å². The quantitative estimate of drug-likeness (QED) is 0.815. The van der Waals surface area contributed by atoms with Crippen molar-refractivity contribution in [1.29, 1.82) is 0 Å². The van der Waals surface area contributed by atoms with E-state index >= 15 is 0 Å². The summed E-state index contributed by atoms with van der Waals surface area (Å²) in [6.07, 6.45) is 1.32. The Morgan fingerprint density at radius 2 is 2.12 bits per heavy atom. The van der Waals surface area contributed by atoms with Gasteiger partial charge < -0.3 is 5.32 Å². The molecule has 0 fully saturated rings. The van der Waals surface area contributed by atoms with Crippen LogP contribution in [0.1, 0.15) is 5.56 Å². The fraction of sp³-hybridized carbons (Fsp3) is 0.0909. The van der Waals surface area contributed by atoms with Gasteiger partial charge in [0, 0.05) is 6.07 Å². The summed E-state index contributed by atoms with van der Waals surface area (Å²) in [5, 5.41) is 3.18. The molecular formula is C11H9ClFN3. The van der Waals surface area contributed by atoms with Gasteiger partial charge in [0.1, 0.15) is 23.1 Å². The van der Waals surface area contributed by atoms with Crippen LogP contribution in [-0.2, 0) is 0 Å². The van der Waals surface area contributed by atoms with Gasteiger partial charge in [0.15, 0.2) is 0 Å². The number of benzene rings is 1. The summed E-state index contributed by atoms with van der Waals surface area (Å²) in [5.41, 5.74) is 1.20. The van der Waals surface area contributed by atoms with E-state index in [9.17, 15) is 4.39 Å². The number of aryl methyl sites for hydroxylation is 1. The summed E-state index contributed by atoms with van der Waals surface area (Å²) >= 11 is 5.71. The van der Waals surface area contributed by atoms with Crippen LogP contribution in [0.15, 0.2) is 30.6 Å². The van der Waals surface area contributed by atoms with Crippen LogP contribution in [0.3, 0.4) is 0 Å². The zero-order valence-electron chi connectivity index (χ0n) is 8.54. The van der Waals surface area contributed by atoms with Crippen molar-refractivity contribution in [3.63, 3.8) is 0 Å². The van der Waals surface area contributed by atoms with Gasteiger partial charge in [-0.25, -0.2) is 14.4 Å². The van der Waals surface area contributed by atoms with E-state index in [4.69, 9.17) is 11.6 Å². The summed E-state index contributed by atoms with van der Waals surface area (Å²) in [6, 6.07) is 6.39. The van der Waals surface area contributed by atoms with E-state index in [0.717, 1.165) is 5.56 Å². The number of nitrogens with one attached hydrogen (secondary N) is 1. The van der Waals surface area contributed by atoms with E-state index < -0.39 is 0 Å². The number of hydrogen-bond acceptors (Lipinski definition) is 3. The molecular weight excluding hydrogens is 229 g/mol. The fourth-order valence-electron chi connectivity index (χ4n) is 1.32. The van der Waals surface area contributed by atoms with Gasteiger partial charge in [-0.2, -0.15) is 0 Å². The van der Waals surface area contributed by atoms with Crippen molar-refractivity contribution in [3.05, 3.63) is 47.1 Å². The van der Waals surface area contributed by atoms with Gasteiger partial charge in [0.05, 0.1) is 5.69 Å². The Morgan fingerprint density at radius 1 is 1.31 bits per heavy atom. The maximum absolute atomic E-state index is 13.5. The van der Waals surface area contributed by atoms with Crippen molar-refractivity contribution >= 4 is 23.1 Å². The number of para-hydroxylation sites is 1. The Balaban J connectivity index is 2.34. The molecule has 1 N–H and O–H groups in total. The van der Waals surface area contributed by atoms with Gasteiger partial charge in [0.2, 0.25) is 0 Å². The van der Waals surface area contributed by atoms with Crippen molar-refractivity contribution in [3.8, 4) is 0 Å². The first-order chi connectivity index (χ1) is 7.66. The van der Waals surface area contributed by atoms with E-state index in [1.165, 1.54) is 18.5 Å². The molecule has 1 heterocycles. The third-order valence-corrected chi connectivity index (χ3v) is 2.32. The molecule has 0 spiro atoms. The Labute approximate surface area is 97.3 Å². The molecule has 1 aromatic carbocycles. The van der Waals surface area contributed by atoms with Crippen molar-refractivity contribution < 1.29 is 4.39 Å². The number of anilines is 2. The summed E-state index contributed by atoms with van der Waals surface area (Å²) in [5.74, 6) is 0.142. The third-order valence-electron chi connectivity index (χ3n) is 2.11. The van der Waals surface area contributed by atoms with Gasteiger partial charge in [-0.3, -0.25) is 0 Å². The SMILES string of the molecule is Cc1cccc(F)c1Nc1cc(Cl)ncn1. The maximum atomic E-state index is 13.5. The molecule has 1 aromatic heterocycles. The van der Waals surface area contributed by atoms with Crippen molar-refractivity contribution in [2.75, 3.05) is 5.32 Å². The molecule has 0 saturated carbocycles. The lowest BCUT2D eigenvalue weighted by molar-refractivity contribution is 0.631. The van der Waals surface area contributed by atoms with E-state index in [1.54, 1.807) is 6.07 Å². The second-order valence-electron chi connectivity index (χ2n) is 3.28. The number of aromatic nitrogens is 2. The van der Waals surface area contributed by atoms with E-state index in [-0.39, 0.29) is 5.82 Å². The summed E-state index contributed by atoms with van der Waals surface area (Å²) < 4.78 is 13.5.